The molecular weight excluding hydrogens is 194 g/mol. The molecule has 80 valence electrons. The molecule has 0 atom stereocenters. The third kappa shape index (κ3) is 4.37. The average Bonchev–Trinajstić information content (AvgIpc) is 2.25. The maximum Gasteiger partial charge on any atom is 0.241 e. The SMILES string of the molecule is C/C(=C\COCc1ccccc1)[N+](=O)[O-]. The Balaban J connectivity index is 2.29. The normalized spacial score (nSPS) is 11.4. The Morgan fingerprint density at radius 1 is 1.47 bits per heavy atom. The molecule has 0 aliphatic heterocycles. The molecule has 0 bridgehead atoms. The molecular formula is C11H13NO3. The van der Waals surface area contributed by atoms with Crippen molar-refractivity contribution in [3.05, 3.63) is 57.8 Å². The van der Waals surface area contributed by atoms with Gasteiger partial charge in [0, 0.05) is 13.0 Å². The average molecular weight is 207 g/mol. The fourth-order valence-electron chi connectivity index (χ4n) is 1.01. The van der Waals surface area contributed by atoms with E-state index in [2.05, 4.69) is 0 Å². The summed E-state index contributed by atoms with van der Waals surface area (Å²) in [5.74, 6) is 0. The largest absolute Gasteiger partial charge is 0.372 e. The van der Waals surface area contributed by atoms with Gasteiger partial charge in [0.1, 0.15) is 0 Å². The van der Waals surface area contributed by atoms with Crippen molar-refractivity contribution >= 4 is 0 Å². The first-order chi connectivity index (χ1) is 7.20. The number of allylic oxidation sites excluding steroid dienone is 1. The quantitative estimate of drug-likeness (QED) is 0.423. The van der Waals surface area contributed by atoms with Gasteiger partial charge in [0.15, 0.2) is 0 Å². The number of ether oxygens (including phenoxy) is 1. The van der Waals surface area contributed by atoms with Crippen LogP contribution in [-0.4, -0.2) is 11.5 Å². The summed E-state index contributed by atoms with van der Waals surface area (Å²) in [5.41, 5.74) is 1.17. The van der Waals surface area contributed by atoms with Crippen molar-refractivity contribution in [2.75, 3.05) is 6.61 Å². The van der Waals surface area contributed by atoms with Crippen LogP contribution in [0.15, 0.2) is 42.1 Å². The van der Waals surface area contributed by atoms with Crippen molar-refractivity contribution < 1.29 is 9.66 Å². The predicted molar refractivity (Wildman–Crippen MR) is 56.8 cm³/mol. The van der Waals surface area contributed by atoms with Gasteiger partial charge >= 0.3 is 0 Å². The van der Waals surface area contributed by atoms with Gasteiger partial charge in [-0.25, -0.2) is 0 Å². The van der Waals surface area contributed by atoms with Gasteiger partial charge in [-0.05, 0) is 5.56 Å². The molecule has 4 heteroatoms. The Hall–Kier alpha value is -1.68. The topological polar surface area (TPSA) is 52.4 Å². The third-order valence-electron chi connectivity index (χ3n) is 1.90. The predicted octanol–water partition coefficient (Wildman–Crippen LogP) is 2.38. The van der Waals surface area contributed by atoms with Gasteiger partial charge in [-0.3, -0.25) is 10.1 Å². The molecule has 0 saturated heterocycles. The minimum absolute atomic E-state index is 0.114. The van der Waals surface area contributed by atoms with Gasteiger partial charge < -0.3 is 4.74 Å². The molecule has 0 aliphatic rings. The summed E-state index contributed by atoms with van der Waals surface area (Å²) in [7, 11) is 0. The van der Waals surface area contributed by atoms with Crippen LogP contribution < -0.4 is 0 Å². The molecule has 0 amide bonds. The van der Waals surface area contributed by atoms with Gasteiger partial charge in [-0.1, -0.05) is 30.3 Å². The second-order valence-electron chi connectivity index (χ2n) is 3.10. The Labute approximate surface area is 88.3 Å². The summed E-state index contributed by atoms with van der Waals surface area (Å²) in [6.45, 7) is 2.19. The molecule has 0 fully saturated rings. The summed E-state index contributed by atoms with van der Waals surface area (Å²) in [6, 6.07) is 9.68. The lowest BCUT2D eigenvalue weighted by molar-refractivity contribution is -0.424. The van der Waals surface area contributed by atoms with E-state index in [0.717, 1.165) is 5.56 Å². The van der Waals surface area contributed by atoms with Crippen LogP contribution in [0.4, 0.5) is 0 Å². The highest BCUT2D eigenvalue weighted by Gasteiger charge is 1.99. The fraction of sp³-hybridized carbons (Fsp3) is 0.273. The highest BCUT2D eigenvalue weighted by Crippen LogP contribution is 2.01. The molecule has 0 spiro atoms. The lowest BCUT2D eigenvalue weighted by atomic mass is 10.2. The zero-order valence-electron chi connectivity index (χ0n) is 8.55. The molecule has 1 aromatic carbocycles. The van der Waals surface area contributed by atoms with Crippen LogP contribution in [0.2, 0.25) is 0 Å². The van der Waals surface area contributed by atoms with Crippen LogP contribution in [0.3, 0.4) is 0 Å². The lowest BCUT2D eigenvalue weighted by Gasteiger charge is -2.00. The summed E-state index contributed by atoms with van der Waals surface area (Å²) >= 11 is 0. The fourth-order valence-corrected chi connectivity index (χ4v) is 1.01. The van der Waals surface area contributed by atoms with E-state index in [1.165, 1.54) is 13.0 Å². The second kappa shape index (κ2) is 5.93. The van der Waals surface area contributed by atoms with Crippen LogP contribution in [0.5, 0.6) is 0 Å². The molecule has 4 nitrogen and oxygen atoms in total. The van der Waals surface area contributed by atoms with E-state index in [0.29, 0.717) is 6.61 Å². The minimum Gasteiger partial charge on any atom is -0.372 e. The van der Waals surface area contributed by atoms with Crippen molar-refractivity contribution in [1.82, 2.24) is 0 Å². The zero-order valence-corrected chi connectivity index (χ0v) is 8.55. The summed E-state index contributed by atoms with van der Waals surface area (Å²) < 4.78 is 5.26. The standard InChI is InChI=1S/C11H13NO3/c1-10(12(13)14)7-8-15-9-11-5-3-2-4-6-11/h2-7H,8-9H2,1H3/b10-7+. The van der Waals surface area contributed by atoms with Crippen LogP contribution in [0, 0.1) is 10.1 Å². The van der Waals surface area contributed by atoms with Gasteiger partial charge in [-0.2, -0.15) is 0 Å². The number of benzene rings is 1. The number of rotatable bonds is 5. The van der Waals surface area contributed by atoms with Crippen LogP contribution >= 0.6 is 0 Å². The molecule has 1 aromatic rings. The molecule has 0 unspecified atom stereocenters. The zero-order chi connectivity index (χ0) is 11.1. The van der Waals surface area contributed by atoms with Crippen LogP contribution in [0.1, 0.15) is 12.5 Å². The smallest absolute Gasteiger partial charge is 0.241 e. The van der Waals surface area contributed by atoms with E-state index in [-0.39, 0.29) is 12.3 Å². The van der Waals surface area contributed by atoms with Crippen molar-refractivity contribution in [2.45, 2.75) is 13.5 Å². The Bertz CT molecular complexity index is 346. The third-order valence-corrected chi connectivity index (χ3v) is 1.90. The first kappa shape index (κ1) is 11.4. The van der Waals surface area contributed by atoms with Crippen molar-refractivity contribution in [1.29, 1.82) is 0 Å². The maximum absolute atomic E-state index is 10.2. The number of hydrogen-bond acceptors (Lipinski definition) is 3. The van der Waals surface area contributed by atoms with Gasteiger partial charge in [0.2, 0.25) is 5.70 Å². The van der Waals surface area contributed by atoms with Gasteiger partial charge in [0.25, 0.3) is 0 Å². The lowest BCUT2D eigenvalue weighted by Crippen LogP contribution is -1.98. The molecule has 0 N–H and O–H groups in total. The highest BCUT2D eigenvalue weighted by molar-refractivity contribution is 5.13. The molecule has 0 saturated carbocycles. The Morgan fingerprint density at radius 2 is 2.13 bits per heavy atom. The molecule has 1 rings (SSSR count). The first-order valence-corrected chi connectivity index (χ1v) is 4.63. The molecule has 0 aromatic heterocycles. The van der Waals surface area contributed by atoms with Gasteiger partial charge in [0.05, 0.1) is 18.1 Å². The van der Waals surface area contributed by atoms with E-state index in [9.17, 15) is 10.1 Å². The van der Waals surface area contributed by atoms with Crippen molar-refractivity contribution in [3.8, 4) is 0 Å². The first-order valence-electron chi connectivity index (χ1n) is 4.63. The molecule has 0 radical (unpaired) electrons. The second-order valence-corrected chi connectivity index (χ2v) is 3.10. The Kier molecular flexibility index (Phi) is 4.50. The molecule has 0 aliphatic carbocycles. The minimum atomic E-state index is -0.425. The van der Waals surface area contributed by atoms with E-state index < -0.39 is 4.92 Å². The number of nitro groups is 1. The van der Waals surface area contributed by atoms with E-state index in [1.54, 1.807) is 0 Å². The summed E-state index contributed by atoms with van der Waals surface area (Å²) in [4.78, 5) is 9.82. The van der Waals surface area contributed by atoms with Crippen LogP contribution in [-0.2, 0) is 11.3 Å². The highest BCUT2D eigenvalue weighted by atomic mass is 16.6. The Morgan fingerprint density at radius 3 is 2.73 bits per heavy atom. The monoisotopic (exact) mass is 207 g/mol. The van der Waals surface area contributed by atoms with Crippen LogP contribution in [0.25, 0.3) is 0 Å². The van der Waals surface area contributed by atoms with Gasteiger partial charge in [-0.15, -0.1) is 0 Å². The summed E-state index contributed by atoms with van der Waals surface area (Å²) in [5, 5.41) is 10.2. The number of nitrogens with zero attached hydrogens (tertiary/aromatic N) is 1. The summed E-state index contributed by atoms with van der Waals surface area (Å²) in [6.07, 6.45) is 1.46. The van der Waals surface area contributed by atoms with E-state index >= 15 is 0 Å². The molecule has 15 heavy (non-hydrogen) atoms. The van der Waals surface area contributed by atoms with Crippen molar-refractivity contribution in [2.24, 2.45) is 0 Å². The van der Waals surface area contributed by atoms with Crippen molar-refractivity contribution in [3.63, 3.8) is 0 Å². The maximum atomic E-state index is 10.2. The molecule has 0 heterocycles. The number of hydrogen-bond donors (Lipinski definition) is 0. The van der Waals surface area contributed by atoms with E-state index in [4.69, 9.17) is 4.74 Å². The van der Waals surface area contributed by atoms with E-state index in [1.807, 2.05) is 30.3 Å².